The molecule has 4 fully saturated rings. The van der Waals surface area contributed by atoms with Crippen LogP contribution in [0.15, 0.2) is 12.2 Å². The van der Waals surface area contributed by atoms with Gasteiger partial charge in [-0.1, -0.05) is 12.2 Å². The van der Waals surface area contributed by atoms with Gasteiger partial charge in [0.05, 0.1) is 12.2 Å². The maximum absolute atomic E-state index is 10.00. The maximum atomic E-state index is 10.00. The summed E-state index contributed by atoms with van der Waals surface area (Å²) in [5, 5.41) is 10.00. The van der Waals surface area contributed by atoms with E-state index in [0.29, 0.717) is 6.10 Å². The van der Waals surface area contributed by atoms with Crippen LogP contribution in [0.2, 0.25) is 0 Å². The van der Waals surface area contributed by atoms with Crippen molar-refractivity contribution >= 4 is 0 Å². The van der Waals surface area contributed by atoms with E-state index in [-0.39, 0.29) is 11.7 Å². The topological polar surface area (TPSA) is 32.8 Å². The quantitative estimate of drug-likeness (QED) is 0.536. The zero-order chi connectivity index (χ0) is 12.6. The summed E-state index contributed by atoms with van der Waals surface area (Å²) in [5.74, 6) is 4.37. The molecule has 0 radical (unpaired) electrons. The second kappa shape index (κ2) is 3.65. The Morgan fingerprint density at radius 1 is 1.05 bits per heavy atom. The first-order valence-electron chi connectivity index (χ1n) is 8.30. The predicted octanol–water partition coefficient (Wildman–Crippen LogP) is 2.91. The van der Waals surface area contributed by atoms with E-state index in [0.717, 1.165) is 42.4 Å². The number of fused-ring (bicyclic) bond motifs is 4. The molecule has 5 rings (SSSR count). The van der Waals surface area contributed by atoms with Gasteiger partial charge in [-0.3, -0.25) is 0 Å². The fourth-order valence-electron chi connectivity index (χ4n) is 6.34. The van der Waals surface area contributed by atoms with E-state index in [2.05, 4.69) is 12.2 Å². The molecule has 8 atom stereocenters. The van der Waals surface area contributed by atoms with Crippen LogP contribution in [-0.4, -0.2) is 22.9 Å². The van der Waals surface area contributed by atoms with Crippen molar-refractivity contribution < 1.29 is 9.84 Å². The third kappa shape index (κ3) is 1.40. The average Bonchev–Trinajstić information content (AvgIpc) is 2.87. The monoisotopic (exact) mass is 260 g/mol. The summed E-state index contributed by atoms with van der Waals surface area (Å²) < 4.78 is 6.20. The summed E-state index contributed by atoms with van der Waals surface area (Å²) in [6.45, 7) is 0. The van der Waals surface area contributed by atoms with Crippen LogP contribution in [0.5, 0.6) is 0 Å². The summed E-state index contributed by atoms with van der Waals surface area (Å²) in [7, 11) is 0. The first-order valence-corrected chi connectivity index (χ1v) is 8.30. The molecule has 0 amide bonds. The maximum Gasteiger partial charge on any atom is 0.100 e. The van der Waals surface area contributed by atoms with Gasteiger partial charge in [0.15, 0.2) is 0 Å². The van der Waals surface area contributed by atoms with E-state index in [4.69, 9.17) is 4.74 Å². The highest BCUT2D eigenvalue weighted by Gasteiger charge is 2.69. The molecule has 19 heavy (non-hydrogen) atoms. The summed E-state index contributed by atoms with van der Waals surface area (Å²) in [5.41, 5.74) is 0.123. The Labute approximate surface area is 115 Å². The Bertz CT molecular complexity index is 431. The van der Waals surface area contributed by atoms with Gasteiger partial charge >= 0.3 is 0 Å². The van der Waals surface area contributed by atoms with Gasteiger partial charge in [0, 0.05) is 6.42 Å². The molecule has 0 bridgehead atoms. The lowest BCUT2D eigenvalue weighted by Gasteiger charge is -2.50. The third-order valence-corrected chi connectivity index (χ3v) is 7.12. The average molecular weight is 260 g/mol. The zero-order valence-corrected chi connectivity index (χ0v) is 11.5. The smallest absolute Gasteiger partial charge is 0.100 e. The number of aliphatic hydroxyl groups excluding tert-OH is 1. The number of hydrogen-bond donors (Lipinski definition) is 1. The fourth-order valence-corrected chi connectivity index (χ4v) is 6.34. The fraction of sp³-hybridized carbons (Fsp3) is 0.882. The highest BCUT2D eigenvalue weighted by atomic mass is 16.6. The molecule has 1 heterocycles. The van der Waals surface area contributed by atoms with Gasteiger partial charge in [0.25, 0.3) is 0 Å². The zero-order valence-electron chi connectivity index (χ0n) is 11.5. The molecule has 1 N–H and O–H groups in total. The van der Waals surface area contributed by atoms with Gasteiger partial charge < -0.3 is 9.84 Å². The second-order valence-corrected chi connectivity index (χ2v) is 7.74. The summed E-state index contributed by atoms with van der Waals surface area (Å²) >= 11 is 0. The van der Waals surface area contributed by atoms with Crippen molar-refractivity contribution in [2.75, 3.05) is 0 Å². The number of epoxide rings is 1. The highest BCUT2D eigenvalue weighted by molar-refractivity contribution is 5.19. The molecule has 1 saturated heterocycles. The van der Waals surface area contributed by atoms with Crippen LogP contribution in [0.1, 0.15) is 44.9 Å². The molecule has 5 aliphatic rings. The molecule has 0 aromatic heterocycles. The molecule has 1 aliphatic heterocycles. The number of hydrogen-bond acceptors (Lipinski definition) is 2. The van der Waals surface area contributed by atoms with Gasteiger partial charge in [-0.2, -0.15) is 0 Å². The molecule has 3 saturated carbocycles. The lowest BCUT2D eigenvalue weighted by Crippen LogP contribution is -2.50. The van der Waals surface area contributed by atoms with E-state index >= 15 is 0 Å². The molecule has 4 aliphatic carbocycles. The lowest BCUT2D eigenvalue weighted by atomic mass is 9.53. The van der Waals surface area contributed by atoms with Crippen molar-refractivity contribution in [2.45, 2.75) is 62.8 Å². The van der Waals surface area contributed by atoms with Crippen LogP contribution in [-0.2, 0) is 4.74 Å². The van der Waals surface area contributed by atoms with Gasteiger partial charge in [0.2, 0.25) is 0 Å². The predicted molar refractivity (Wildman–Crippen MR) is 72.5 cm³/mol. The van der Waals surface area contributed by atoms with Crippen LogP contribution in [0.25, 0.3) is 0 Å². The van der Waals surface area contributed by atoms with Crippen LogP contribution in [0, 0.1) is 29.6 Å². The molecule has 104 valence electrons. The largest absolute Gasteiger partial charge is 0.393 e. The van der Waals surface area contributed by atoms with Gasteiger partial charge in [-0.15, -0.1) is 0 Å². The minimum Gasteiger partial charge on any atom is -0.393 e. The van der Waals surface area contributed by atoms with Crippen molar-refractivity contribution in [3.05, 3.63) is 12.2 Å². The van der Waals surface area contributed by atoms with Crippen molar-refractivity contribution in [3.63, 3.8) is 0 Å². The van der Waals surface area contributed by atoms with E-state index in [1.54, 1.807) is 0 Å². The second-order valence-electron chi connectivity index (χ2n) is 7.74. The van der Waals surface area contributed by atoms with E-state index in [9.17, 15) is 5.11 Å². The Balaban J connectivity index is 1.46. The molecular weight excluding hydrogens is 236 g/mol. The molecule has 0 aromatic carbocycles. The van der Waals surface area contributed by atoms with Gasteiger partial charge in [0.1, 0.15) is 5.60 Å². The first-order chi connectivity index (χ1) is 9.28. The minimum absolute atomic E-state index is 0.0951. The van der Waals surface area contributed by atoms with Crippen LogP contribution < -0.4 is 0 Å². The first kappa shape index (κ1) is 11.3. The molecule has 8 unspecified atom stereocenters. The Morgan fingerprint density at radius 3 is 2.95 bits per heavy atom. The summed E-state index contributed by atoms with van der Waals surface area (Å²) in [6.07, 6.45) is 13.9. The Morgan fingerprint density at radius 2 is 2.00 bits per heavy atom. The minimum atomic E-state index is -0.0951. The van der Waals surface area contributed by atoms with E-state index < -0.39 is 0 Å². The number of aliphatic hydroxyl groups is 1. The SMILES string of the molecule is OC1CCC2C3CCC4C=CCC4C3CC3OC32C1. The molecule has 2 heteroatoms. The number of ether oxygens (including phenoxy) is 1. The third-order valence-electron chi connectivity index (χ3n) is 7.12. The number of rotatable bonds is 0. The van der Waals surface area contributed by atoms with Crippen molar-refractivity contribution in [3.8, 4) is 0 Å². The van der Waals surface area contributed by atoms with Gasteiger partial charge in [-0.25, -0.2) is 0 Å². The Hall–Kier alpha value is -0.340. The standard InChI is InChI=1S/C17H24O2/c18-11-5-7-15-13-6-4-10-2-1-3-12(10)14(13)8-16-17(15,9-11)19-16/h1-2,10-16,18H,3-9H2. The van der Waals surface area contributed by atoms with Crippen molar-refractivity contribution in [1.82, 2.24) is 0 Å². The van der Waals surface area contributed by atoms with Crippen molar-refractivity contribution in [2.24, 2.45) is 29.6 Å². The van der Waals surface area contributed by atoms with E-state index in [1.807, 2.05) is 0 Å². The van der Waals surface area contributed by atoms with Gasteiger partial charge in [-0.05, 0) is 68.1 Å². The molecule has 0 aromatic rings. The van der Waals surface area contributed by atoms with Crippen LogP contribution >= 0.6 is 0 Å². The lowest BCUT2D eigenvalue weighted by molar-refractivity contribution is -0.0284. The van der Waals surface area contributed by atoms with Crippen LogP contribution in [0.3, 0.4) is 0 Å². The summed E-state index contributed by atoms with van der Waals surface area (Å²) in [4.78, 5) is 0. The molecule has 1 spiro atoms. The number of allylic oxidation sites excluding steroid dienone is 2. The summed E-state index contributed by atoms with van der Waals surface area (Å²) in [6, 6.07) is 0. The molecule has 2 nitrogen and oxygen atoms in total. The highest BCUT2D eigenvalue weighted by Crippen LogP contribution is 2.65. The Kier molecular flexibility index (Phi) is 2.18. The van der Waals surface area contributed by atoms with Crippen LogP contribution in [0.4, 0.5) is 0 Å². The molecular formula is C17H24O2. The normalized spacial score (nSPS) is 61.8. The van der Waals surface area contributed by atoms with Crippen molar-refractivity contribution in [1.29, 1.82) is 0 Å². The van der Waals surface area contributed by atoms with E-state index in [1.165, 1.54) is 32.1 Å².